The van der Waals surface area contributed by atoms with Crippen LogP contribution in [0.3, 0.4) is 0 Å². The summed E-state index contributed by atoms with van der Waals surface area (Å²) in [5.41, 5.74) is 0.740. The Bertz CT molecular complexity index is 809. The first kappa shape index (κ1) is 19.0. The Balaban J connectivity index is 1.73. The van der Waals surface area contributed by atoms with Gasteiger partial charge in [0.2, 0.25) is 5.91 Å². The molecule has 0 bridgehead atoms. The lowest BCUT2D eigenvalue weighted by Crippen LogP contribution is -2.43. The van der Waals surface area contributed by atoms with E-state index in [0.717, 1.165) is 0 Å². The molecule has 2 heterocycles. The van der Waals surface area contributed by atoms with Crippen molar-refractivity contribution in [1.29, 1.82) is 0 Å². The number of halogens is 1. The highest BCUT2D eigenvalue weighted by atomic mass is 19.1. The van der Waals surface area contributed by atoms with Crippen LogP contribution in [-0.2, 0) is 20.7 Å². The molecule has 1 unspecified atom stereocenters. The van der Waals surface area contributed by atoms with E-state index in [4.69, 9.17) is 11.2 Å². The van der Waals surface area contributed by atoms with Crippen molar-refractivity contribution in [3.63, 3.8) is 0 Å². The van der Waals surface area contributed by atoms with Crippen LogP contribution in [0.15, 0.2) is 28.4 Å². The summed E-state index contributed by atoms with van der Waals surface area (Å²) in [6, 6.07) is 4.29. The van der Waals surface area contributed by atoms with Crippen LogP contribution in [0.5, 0.6) is 0 Å². The molecule has 0 N–H and O–H groups in total. The monoisotopic (exact) mass is 371 g/mol. The molecule has 1 aromatic rings. The van der Waals surface area contributed by atoms with E-state index in [2.05, 4.69) is 16.1 Å². The number of hydrogen-bond acceptors (Lipinski definition) is 5. The van der Waals surface area contributed by atoms with Crippen LogP contribution in [0.2, 0.25) is 0 Å². The lowest BCUT2D eigenvalue weighted by molar-refractivity contribution is -0.147. The van der Waals surface area contributed by atoms with Gasteiger partial charge in [-0.15, -0.1) is 12.3 Å². The van der Waals surface area contributed by atoms with E-state index in [9.17, 15) is 14.0 Å². The summed E-state index contributed by atoms with van der Waals surface area (Å²) in [7, 11) is 0. The molecule has 1 amide bonds. The molecule has 0 aromatic heterocycles. The lowest BCUT2D eigenvalue weighted by Gasteiger charge is -2.34. The highest BCUT2D eigenvalue weighted by Crippen LogP contribution is 2.38. The maximum absolute atomic E-state index is 13.7. The second-order valence-electron chi connectivity index (χ2n) is 6.82. The Labute approximate surface area is 157 Å². The maximum atomic E-state index is 13.7. The summed E-state index contributed by atoms with van der Waals surface area (Å²) in [6.45, 7) is 2.22. The highest BCUT2D eigenvalue weighted by molar-refractivity contribution is 5.96. The van der Waals surface area contributed by atoms with Crippen molar-refractivity contribution in [2.45, 2.75) is 44.7 Å². The molecular formula is C20H22FN3O3. The van der Waals surface area contributed by atoms with E-state index in [1.807, 2.05) is 0 Å². The largest absolute Gasteiger partial charge is 0.466 e. The van der Waals surface area contributed by atoms with Gasteiger partial charge in [-0.05, 0) is 37.1 Å². The van der Waals surface area contributed by atoms with Gasteiger partial charge in [0, 0.05) is 37.9 Å². The molecule has 0 aliphatic carbocycles. The molecule has 1 atom stereocenters. The average Bonchev–Trinajstić information content (AvgIpc) is 3.43. The van der Waals surface area contributed by atoms with Crippen LogP contribution in [0.25, 0.3) is 0 Å². The smallest absolute Gasteiger partial charge is 0.311 e. The fourth-order valence-corrected chi connectivity index (χ4v) is 3.39. The maximum Gasteiger partial charge on any atom is 0.311 e. The number of amides is 1. The molecule has 0 saturated heterocycles. The van der Waals surface area contributed by atoms with Gasteiger partial charge >= 0.3 is 5.97 Å². The first-order valence-electron chi connectivity index (χ1n) is 9.11. The number of carbonyl (C=O) groups is 2. The number of rotatable bonds is 7. The van der Waals surface area contributed by atoms with E-state index in [0.29, 0.717) is 36.9 Å². The Kier molecular flexibility index (Phi) is 5.54. The molecule has 0 saturated carbocycles. The molecule has 0 fully saturated rings. The molecule has 2 aliphatic heterocycles. The quantitative estimate of drug-likeness (QED) is 0.546. The minimum atomic E-state index is -0.538. The molecule has 2 aliphatic rings. The van der Waals surface area contributed by atoms with E-state index < -0.39 is 17.4 Å². The van der Waals surface area contributed by atoms with Crippen molar-refractivity contribution in [3.8, 4) is 12.3 Å². The Morgan fingerprint density at radius 2 is 2.19 bits per heavy atom. The summed E-state index contributed by atoms with van der Waals surface area (Å²) in [4.78, 5) is 26.6. The van der Waals surface area contributed by atoms with Crippen molar-refractivity contribution in [2.24, 2.45) is 16.1 Å². The number of hydrogen-bond donors (Lipinski definition) is 0. The Hall–Kier alpha value is -2.75. The number of anilines is 1. The Morgan fingerprint density at radius 3 is 2.85 bits per heavy atom. The van der Waals surface area contributed by atoms with Gasteiger partial charge in [-0.3, -0.25) is 9.59 Å². The van der Waals surface area contributed by atoms with Crippen LogP contribution in [0, 0.1) is 24.1 Å². The number of benzene rings is 1. The minimum Gasteiger partial charge on any atom is -0.466 e. The van der Waals surface area contributed by atoms with Gasteiger partial charge in [-0.2, -0.15) is 10.2 Å². The molecule has 0 radical (unpaired) electrons. The zero-order valence-corrected chi connectivity index (χ0v) is 15.3. The van der Waals surface area contributed by atoms with Crippen molar-refractivity contribution in [1.82, 2.24) is 0 Å². The lowest BCUT2D eigenvalue weighted by atomic mass is 9.91. The zero-order chi connectivity index (χ0) is 19.4. The second kappa shape index (κ2) is 7.87. The van der Waals surface area contributed by atoms with Crippen molar-refractivity contribution >= 4 is 17.6 Å². The topological polar surface area (TPSA) is 71.3 Å². The second-order valence-corrected chi connectivity index (χ2v) is 6.82. The molecule has 7 heteroatoms. The predicted octanol–water partition coefficient (Wildman–Crippen LogP) is 3.25. The van der Waals surface area contributed by atoms with Gasteiger partial charge in [-0.25, -0.2) is 4.39 Å². The van der Waals surface area contributed by atoms with E-state index in [1.54, 1.807) is 17.9 Å². The zero-order valence-electron chi connectivity index (χ0n) is 15.3. The van der Waals surface area contributed by atoms with Gasteiger partial charge in [0.15, 0.2) is 5.66 Å². The average molecular weight is 371 g/mol. The van der Waals surface area contributed by atoms with Crippen LogP contribution in [-0.4, -0.2) is 30.7 Å². The first-order chi connectivity index (χ1) is 13.0. The summed E-state index contributed by atoms with van der Waals surface area (Å²) in [6.07, 6.45) is 7.53. The van der Waals surface area contributed by atoms with Crippen molar-refractivity contribution < 1.29 is 18.7 Å². The summed E-state index contributed by atoms with van der Waals surface area (Å²) in [5, 5.41) is 8.09. The van der Waals surface area contributed by atoms with Crippen LogP contribution in [0.4, 0.5) is 10.1 Å². The fourth-order valence-electron chi connectivity index (χ4n) is 3.39. The Morgan fingerprint density at radius 1 is 1.41 bits per heavy atom. The molecule has 142 valence electrons. The van der Waals surface area contributed by atoms with Crippen LogP contribution < -0.4 is 4.90 Å². The van der Waals surface area contributed by atoms with Gasteiger partial charge < -0.3 is 9.64 Å². The van der Waals surface area contributed by atoms with Crippen LogP contribution >= 0.6 is 0 Å². The summed E-state index contributed by atoms with van der Waals surface area (Å²) < 4.78 is 18.8. The van der Waals surface area contributed by atoms with Crippen molar-refractivity contribution in [2.75, 3.05) is 18.1 Å². The summed E-state index contributed by atoms with van der Waals surface area (Å²) in [5.74, 6) is 1.14. The highest BCUT2D eigenvalue weighted by Gasteiger charge is 2.40. The van der Waals surface area contributed by atoms with Gasteiger partial charge in [-0.1, -0.05) is 0 Å². The normalized spacial score (nSPS) is 19.1. The number of carbonyl (C=O) groups excluding carboxylic acids is 2. The van der Waals surface area contributed by atoms with Crippen molar-refractivity contribution in [3.05, 3.63) is 29.6 Å². The predicted molar refractivity (Wildman–Crippen MR) is 97.5 cm³/mol. The van der Waals surface area contributed by atoms with Gasteiger partial charge in [0.1, 0.15) is 5.82 Å². The van der Waals surface area contributed by atoms with Gasteiger partial charge in [0.05, 0.1) is 12.5 Å². The van der Waals surface area contributed by atoms with Gasteiger partial charge in [0.25, 0.3) is 0 Å². The SMILES string of the molecule is C#CCCC1(CCC(=O)N2CC(C(=O)OCC)Cc3cc(F)ccc32)N=N1. The molecule has 6 nitrogen and oxygen atoms in total. The number of fused-ring (bicyclic) bond motifs is 1. The number of nitrogens with zero attached hydrogens (tertiary/aromatic N) is 3. The molecule has 0 spiro atoms. The first-order valence-corrected chi connectivity index (χ1v) is 9.11. The number of terminal acetylenes is 1. The third-order valence-electron chi connectivity index (χ3n) is 4.91. The number of ether oxygens (including phenoxy) is 1. The van der Waals surface area contributed by atoms with Crippen LogP contribution in [0.1, 0.15) is 38.2 Å². The standard InChI is InChI=1S/C20H22FN3O3/c1-3-5-9-20(22-23-20)10-8-18(25)24-13-15(19(26)27-4-2)11-14-12-16(21)6-7-17(14)24/h1,6-7,12,15H,4-5,8-11,13H2,2H3. The third-order valence-corrected chi connectivity index (χ3v) is 4.91. The molecular weight excluding hydrogens is 349 g/mol. The van der Waals surface area contributed by atoms with E-state index in [1.165, 1.54) is 12.1 Å². The minimum absolute atomic E-state index is 0.144. The molecule has 1 aromatic carbocycles. The fraction of sp³-hybridized carbons (Fsp3) is 0.500. The van der Waals surface area contributed by atoms with E-state index in [-0.39, 0.29) is 31.4 Å². The summed E-state index contributed by atoms with van der Waals surface area (Å²) >= 11 is 0. The molecule has 27 heavy (non-hydrogen) atoms. The van der Waals surface area contributed by atoms with E-state index >= 15 is 0 Å². The molecule has 3 rings (SSSR count). The number of esters is 1. The third kappa shape index (κ3) is 4.33.